The summed E-state index contributed by atoms with van der Waals surface area (Å²) >= 11 is 0. The fourth-order valence-corrected chi connectivity index (χ4v) is 2.41. The van der Waals surface area contributed by atoms with Gasteiger partial charge in [-0.2, -0.15) is 0 Å². The predicted molar refractivity (Wildman–Crippen MR) is 87.8 cm³/mol. The predicted octanol–water partition coefficient (Wildman–Crippen LogP) is 3.93. The molecule has 4 heteroatoms. The molecule has 114 valence electrons. The number of para-hydroxylation sites is 1. The molecule has 0 spiro atoms. The first-order valence-corrected chi connectivity index (χ1v) is 7.26. The number of nitrogens with zero attached hydrogens (tertiary/aromatic N) is 2. The average Bonchev–Trinajstić information content (AvgIpc) is 2.51. The third-order valence-electron chi connectivity index (χ3n) is 3.75. The van der Waals surface area contributed by atoms with E-state index < -0.39 is 0 Å². The number of amides is 1. The normalized spacial score (nSPS) is 10.6. The second-order valence-corrected chi connectivity index (χ2v) is 5.61. The van der Waals surface area contributed by atoms with Gasteiger partial charge in [-0.15, -0.1) is 0 Å². The van der Waals surface area contributed by atoms with E-state index in [2.05, 4.69) is 18.8 Å². The lowest BCUT2D eigenvalue weighted by Gasteiger charge is -2.23. The van der Waals surface area contributed by atoms with E-state index in [1.54, 1.807) is 6.07 Å². The van der Waals surface area contributed by atoms with Gasteiger partial charge in [-0.1, -0.05) is 32.0 Å². The summed E-state index contributed by atoms with van der Waals surface area (Å²) in [6.07, 6.45) is 1.45. The number of pyridine rings is 1. The highest BCUT2D eigenvalue weighted by Gasteiger charge is 2.19. The molecule has 4 nitrogen and oxygen atoms in total. The molecule has 0 unspecified atom stereocenters. The van der Waals surface area contributed by atoms with Crippen molar-refractivity contribution in [3.8, 4) is 0 Å². The molecule has 1 amide bonds. The molecule has 22 heavy (non-hydrogen) atoms. The fourth-order valence-electron chi connectivity index (χ4n) is 2.41. The van der Waals surface area contributed by atoms with Crippen molar-refractivity contribution in [3.63, 3.8) is 0 Å². The van der Waals surface area contributed by atoms with Crippen molar-refractivity contribution in [1.82, 2.24) is 4.98 Å². The molecule has 0 N–H and O–H groups in total. The maximum Gasteiger partial charge on any atom is 0.219 e. The minimum Gasteiger partial charge on any atom is -0.298 e. The Bertz CT molecular complexity index is 708. The van der Waals surface area contributed by atoms with E-state index in [4.69, 9.17) is 0 Å². The van der Waals surface area contributed by atoms with Crippen LogP contribution in [0, 0.1) is 13.8 Å². The molecule has 0 bridgehead atoms. The molecular weight excluding hydrogens is 276 g/mol. The lowest BCUT2D eigenvalue weighted by Crippen LogP contribution is -2.20. The number of hydrogen-bond acceptors (Lipinski definition) is 3. The van der Waals surface area contributed by atoms with Gasteiger partial charge in [0.25, 0.3) is 0 Å². The summed E-state index contributed by atoms with van der Waals surface area (Å²) in [4.78, 5) is 29.0. The third-order valence-corrected chi connectivity index (χ3v) is 3.75. The summed E-state index contributed by atoms with van der Waals surface area (Å²) < 4.78 is 0. The Kier molecular flexibility index (Phi) is 4.71. The van der Waals surface area contributed by atoms with Gasteiger partial charge >= 0.3 is 0 Å². The molecule has 2 rings (SSSR count). The Hall–Kier alpha value is -2.49. The lowest BCUT2D eigenvalue weighted by molar-refractivity contribution is -0.106. The zero-order chi connectivity index (χ0) is 16.3. The van der Waals surface area contributed by atoms with Gasteiger partial charge in [-0.3, -0.25) is 14.5 Å². The van der Waals surface area contributed by atoms with Crippen LogP contribution in [0.15, 0.2) is 30.3 Å². The number of anilines is 2. The maximum atomic E-state index is 11.7. The molecule has 0 saturated heterocycles. The van der Waals surface area contributed by atoms with Gasteiger partial charge in [0.2, 0.25) is 6.41 Å². The third kappa shape index (κ3) is 2.91. The van der Waals surface area contributed by atoms with Crippen LogP contribution in [0.3, 0.4) is 0 Å². The average molecular weight is 296 g/mol. The van der Waals surface area contributed by atoms with E-state index in [0.717, 1.165) is 28.8 Å². The number of aldehydes is 1. The quantitative estimate of drug-likeness (QED) is 0.785. The highest BCUT2D eigenvalue weighted by molar-refractivity contribution is 5.94. The van der Waals surface area contributed by atoms with Crippen molar-refractivity contribution in [1.29, 1.82) is 0 Å². The van der Waals surface area contributed by atoms with Crippen LogP contribution in [-0.4, -0.2) is 17.7 Å². The molecule has 0 atom stereocenters. The molecule has 0 aliphatic heterocycles. The highest BCUT2D eigenvalue weighted by Crippen LogP contribution is 2.32. The second kappa shape index (κ2) is 6.52. The summed E-state index contributed by atoms with van der Waals surface area (Å²) in [5, 5.41) is 0. The highest BCUT2D eigenvalue weighted by atomic mass is 16.1. The molecule has 1 aromatic carbocycles. The lowest BCUT2D eigenvalue weighted by atomic mass is 10.0. The molecule has 1 heterocycles. The Morgan fingerprint density at radius 1 is 1.14 bits per heavy atom. The van der Waals surface area contributed by atoms with Crippen molar-refractivity contribution in [3.05, 3.63) is 52.7 Å². The van der Waals surface area contributed by atoms with Crippen LogP contribution >= 0.6 is 0 Å². The largest absolute Gasteiger partial charge is 0.298 e. The number of hydrogen-bond donors (Lipinski definition) is 0. The first-order valence-electron chi connectivity index (χ1n) is 7.26. The van der Waals surface area contributed by atoms with Crippen LogP contribution < -0.4 is 4.90 Å². The first kappa shape index (κ1) is 15.9. The van der Waals surface area contributed by atoms with Crippen LogP contribution in [0.4, 0.5) is 11.5 Å². The molecule has 2 aromatic rings. The van der Waals surface area contributed by atoms with E-state index in [0.29, 0.717) is 17.8 Å². The van der Waals surface area contributed by atoms with Gasteiger partial charge in [-0.25, -0.2) is 4.98 Å². The topological polar surface area (TPSA) is 50.3 Å². The molecule has 1 aromatic heterocycles. The van der Waals surface area contributed by atoms with Crippen LogP contribution in [-0.2, 0) is 4.79 Å². The van der Waals surface area contributed by atoms with Crippen LogP contribution in [0.5, 0.6) is 0 Å². The van der Waals surface area contributed by atoms with E-state index in [9.17, 15) is 9.59 Å². The molecular formula is C18H20N2O2. The summed E-state index contributed by atoms with van der Waals surface area (Å²) in [7, 11) is 0. The van der Waals surface area contributed by atoms with Crippen molar-refractivity contribution in [2.45, 2.75) is 33.6 Å². The molecule has 0 radical (unpaired) electrons. The van der Waals surface area contributed by atoms with Crippen molar-refractivity contribution >= 4 is 24.2 Å². The molecule has 0 aliphatic rings. The van der Waals surface area contributed by atoms with Gasteiger partial charge in [0.15, 0.2) is 6.29 Å². The first-order chi connectivity index (χ1) is 10.5. The standard InChI is InChI=1S/C18H20N2O2/c1-12(2)16-7-5-6-8-17(16)20(11-22)18-15(10-21)9-13(3)14(4)19-18/h5-12H,1-4H3. The SMILES string of the molecule is Cc1cc(C=O)c(N(C=O)c2ccccc2C(C)C)nc1C. The van der Waals surface area contributed by atoms with Crippen molar-refractivity contribution < 1.29 is 9.59 Å². The second-order valence-electron chi connectivity index (χ2n) is 5.61. The summed E-state index contributed by atoms with van der Waals surface area (Å²) in [6.45, 7) is 7.89. The van der Waals surface area contributed by atoms with Gasteiger partial charge in [0.1, 0.15) is 5.82 Å². The van der Waals surface area contributed by atoms with Crippen LogP contribution in [0.25, 0.3) is 0 Å². The monoisotopic (exact) mass is 296 g/mol. The van der Waals surface area contributed by atoms with Gasteiger partial charge in [0.05, 0.1) is 11.3 Å². The Balaban J connectivity index is 2.66. The number of rotatable bonds is 5. The summed E-state index contributed by atoms with van der Waals surface area (Å²) in [6, 6.07) is 9.43. The molecule has 0 aliphatic carbocycles. The van der Waals surface area contributed by atoms with Crippen LogP contribution in [0.1, 0.15) is 46.9 Å². The van der Waals surface area contributed by atoms with Crippen molar-refractivity contribution in [2.75, 3.05) is 4.90 Å². The van der Waals surface area contributed by atoms with E-state index in [-0.39, 0.29) is 5.92 Å². The van der Waals surface area contributed by atoms with Gasteiger partial charge in [-0.05, 0) is 43.0 Å². The number of aromatic nitrogens is 1. The number of carbonyl (C=O) groups is 2. The van der Waals surface area contributed by atoms with Gasteiger partial charge in [0, 0.05) is 5.69 Å². The van der Waals surface area contributed by atoms with E-state index >= 15 is 0 Å². The zero-order valence-electron chi connectivity index (χ0n) is 13.3. The number of carbonyl (C=O) groups excluding carboxylic acids is 2. The number of aryl methyl sites for hydroxylation is 2. The molecule has 0 fully saturated rings. The van der Waals surface area contributed by atoms with E-state index in [1.165, 1.54) is 4.90 Å². The van der Waals surface area contributed by atoms with Crippen molar-refractivity contribution in [2.24, 2.45) is 0 Å². The summed E-state index contributed by atoms with van der Waals surface area (Å²) in [5.74, 6) is 0.631. The minimum absolute atomic E-state index is 0.255. The summed E-state index contributed by atoms with van der Waals surface area (Å²) in [5.41, 5.74) is 3.93. The maximum absolute atomic E-state index is 11.7. The smallest absolute Gasteiger partial charge is 0.219 e. The fraction of sp³-hybridized carbons (Fsp3) is 0.278. The molecule has 0 saturated carbocycles. The van der Waals surface area contributed by atoms with Crippen LogP contribution in [0.2, 0.25) is 0 Å². The Morgan fingerprint density at radius 2 is 1.82 bits per heavy atom. The Morgan fingerprint density at radius 3 is 2.41 bits per heavy atom. The number of benzene rings is 1. The zero-order valence-corrected chi connectivity index (χ0v) is 13.3. The van der Waals surface area contributed by atoms with Gasteiger partial charge < -0.3 is 0 Å². The minimum atomic E-state index is 0.255. The van der Waals surface area contributed by atoms with E-state index in [1.807, 2.05) is 38.1 Å². The Labute approximate surface area is 130 Å².